The molecule has 0 fully saturated rings. The fourth-order valence-electron chi connectivity index (χ4n) is 4.21. The molecule has 4 aromatic rings. The van der Waals surface area contributed by atoms with Crippen LogP contribution in [-0.4, -0.2) is 38.4 Å². The van der Waals surface area contributed by atoms with Crippen LogP contribution in [0.1, 0.15) is 30.4 Å². The Hall–Kier alpha value is -3.93. The standard InChI is InChI=1S/C26H23F3N4O4S/c1-37-21(34)9-4-3-6-16-7-5-8-17-12-30-13-20(22(16)17)33-24(35)31-25(38-2)32(26(33)36)14-15-10-18(27)23(29)19(28)11-15/h5,7-8,10-13H,3-4,6,9,14H2,1-2H3. The number of hydrogen-bond acceptors (Lipinski definition) is 7. The molecule has 198 valence electrons. The summed E-state index contributed by atoms with van der Waals surface area (Å²) in [5.74, 6) is -4.71. The van der Waals surface area contributed by atoms with Crippen molar-refractivity contribution < 1.29 is 22.7 Å². The van der Waals surface area contributed by atoms with Crippen molar-refractivity contribution in [3.63, 3.8) is 0 Å². The Morgan fingerprint density at radius 1 is 1.08 bits per heavy atom. The smallest absolute Gasteiger partial charge is 0.358 e. The molecule has 2 aromatic carbocycles. The van der Waals surface area contributed by atoms with Crippen LogP contribution in [0.3, 0.4) is 0 Å². The van der Waals surface area contributed by atoms with Crippen molar-refractivity contribution >= 4 is 28.5 Å². The normalized spacial score (nSPS) is 11.2. The summed E-state index contributed by atoms with van der Waals surface area (Å²) in [5.41, 5.74) is -0.630. The van der Waals surface area contributed by atoms with Gasteiger partial charge in [-0.1, -0.05) is 30.0 Å². The number of thioether (sulfide) groups is 1. The van der Waals surface area contributed by atoms with E-state index in [0.717, 1.165) is 38.6 Å². The molecule has 0 saturated carbocycles. The summed E-state index contributed by atoms with van der Waals surface area (Å²) in [6, 6.07) is 7.06. The van der Waals surface area contributed by atoms with E-state index in [1.165, 1.54) is 13.3 Å². The van der Waals surface area contributed by atoms with Gasteiger partial charge in [-0.3, -0.25) is 14.3 Å². The van der Waals surface area contributed by atoms with Gasteiger partial charge in [0.15, 0.2) is 22.6 Å². The molecular weight excluding hydrogens is 521 g/mol. The molecule has 0 radical (unpaired) electrons. The van der Waals surface area contributed by atoms with E-state index in [1.807, 2.05) is 12.1 Å². The van der Waals surface area contributed by atoms with Crippen LogP contribution >= 0.6 is 11.8 Å². The van der Waals surface area contributed by atoms with Crippen molar-refractivity contribution in [1.82, 2.24) is 19.1 Å². The Morgan fingerprint density at radius 3 is 2.50 bits per heavy atom. The fourth-order valence-corrected chi connectivity index (χ4v) is 4.75. The second-order valence-corrected chi connectivity index (χ2v) is 9.19. The van der Waals surface area contributed by atoms with E-state index in [4.69, 9.17) is 0 Å². The number of aryl methyl sites for hydroxylation is 1. The highest BCUT2D eigenvalue weighted by atomic mass is 32.2. The highest BCUT2D eigenvalue weighted by Gasteiger charge is 2.19. The average Bonchev–Trinajstić information content (AvgIpc) is 2.90. The number of aromatic nitrogens is 4. The van der Waals surface area contributed by atoms with Crippen LogP contribution in [0, 0.1) is 17.5 Å². The van der Waals surface area contributed by atoms with Gasteiger partial charge >= 0.3 is 17.3 Å². The molecule has 0 aliphatic rings. The van der Waals surface area contributed by atoms with Crippen LogP contribution in [0.25, 0.3) is 16.5 Å². The minimum absolute atomic E-state index is 0.0202. The molecule has 0 saturated heterocycles. The predicted octanol–water partition coefficient (Wildman–Crippen LogP) is 4.02. The third-order valence-electron chi connectivity index (χ3n) is 6.00. The summed E-state index contributed by atoms with van der Waals surface area (Å²) in [6.45, 7) is -0.352. The lowest BCUT2D eigenvalue weighted by molar-refractivity contribution is -0.140. The zero-order valence-electron chi connectivity index (χ0n) is 20.5. The van der Waals surface area contributed by atoms with E-state index in [2.05, 4.69) is 14.7 Å². The zero-order chi connectivity index (χ0) is 27.4. The maximum Gasteiger partial charge on any atom is 0.358 e. The van der Waals surface area contributed by atoms with Crippen LogP contribution in [0.2, 0.25) is 0 Å². The lowest BCUT2D eigenvalue weighted by Gasteiger charge is -2.16. The molecule has 0 amide bonds. The van der Waals surface area contributed by atoms with Gasteiger partial charge in [0.2, 0.25) is 0 Å². The highest BCUT2D eigenvalue weighted by Crippen LogP contribution is 2.26. The van der Waals surface area contributed by atoms with Gasteiger partial charge in [0.05, 0.1) is 25.5 Å². The summed E-state index contributed by atoms with van der Waals surface area (Å²) < 4.78 is 47.8. The molecule has 0 unspecified atom stereocenters. The molecule has 8 nitrogen and oxygen atoms in total. The van der Waals surface area contributed by atoms with Gasteiger partial charge in [0.1, 0.15) is 0 Å². The number of pyridine rings is 1. The second kappa shape index (κ2) is 11.6. The van der Waals surface area contributed by atoms with E-state index in [1.54, 1.807) is 18.5 Å². The minimum Gasteiger partial charge on any atom is -0.469 e. The molecule has 12 heteroatoms. The van der Waals surface area contributed by atoms with Crippen LogP contribution in [0.15, 0.2) is 57.5 Å². The number of carbonyl (C=O) groups excluding carboxylic acids is 1. The van der Waals surface area contributed by atoms with Crippen molar-refractivity contribution in [1.29, 1.82) is 0 Å². The number of carbonyl (C=O) groups is 1. The van der Waals surface area contributed by atoms with Gasteiger partial charge in [0.25, 0.3) is 0 Å². The van der Waals surface area contributed by atoms with Crippen LogP contribution in [0.4, 0.5) is 13.2 Å². The first kappa shape index (κ1) is 27.1. The lowest BCUT2D eigenvalue weighted by atomic mass is 9.99. The van der Waals surface area contributed by atoms with Gasteiger partial charge in [-0.05, 0) is 48.8 Å². The Kier molecular flexibility index (Phi) is 8.30. The molecule has 0 spiro atoms. The van der Waals surface area contributed by atoms with Gasteiger partial charge in [-0.2, -0.15) is 4.98 Å². The molecule has 0 N–H and O–H groups in total. The molecule has 38 heavy (non-hydrogen) atoms. The van der Waals surface area contributed by atoms with Gasteiger partial charge < -0.3 is 4.74 Å². The van der Waals surface area contributed by atoms with Crippen molar-refractivity contribution in [2.24, 2.45) is 0 Å². The number of rotatable bonds is 9. The van der Waals surface area contributed by atoms with E-state index in [9.17, 15) is 27.6 Å². The minimum atomic E-state index is -1.62. The van der Waals surface area contributed by atoms with Gasteiger partial charge in [-0.25, -0.2) is 27.3 Å². The van der Waals surface area contributed by atoms with E-state index < -0.39 is 28.8 Å². The Labute approximate surface area is 219 Å². The Morgan fingerprint density at radius 2 is 1.82 bits per heavy atom. The number of nitrogens with zero attached hydrogens (tertiary/aromatic N) is 4. The van der Waals surface area contributed by atoms with Crippen LogP contribution in [-0.2, 0) is 22.5 Å². The number of benzene rings is 2. The lowest BCUT2D eigenvalue weighted by Crippen LogP contribution is -2.41. The first-order chi connectivity index (χ1) is 18.2. The molecule has 2 heterocycles. The number of esters is 1. The number of ether oxygens (including phenoxy) is 1. The topological polar surface area (TPSA) is 96.1 Å². The van der Waals surface area contributed by atoms with Crippen molar-refractivity contribution in [2.45, 2.75) is 37.4 Å². The molecule has 4 rings (SSSR count). The van der Waals surface area contributed by atoms with E-state index in [-0.39, 0.29) is 35.3 Å². The first-order valence-electron chi connectivity index (χ1n) is 11.6. The Bertz CT molecular complexity index is 1610. The fraction of sp³-hybridized carbons (Fsp3) is 0.269. The summed E-state index contributed by atoms with van der Waals surface area (Å²) >= 11 is 1.01. The molecule has 0 aliphatic heterocycles. The third-order valence-corrected chi connectivity index (χ3v) is 6.67. The quantitative estimate of drug-likeness (QED) is 0.136. The van der Waals surface area contributed by atoms with Crippen molar-refractivity contribution in [3.05, 3.63) is 92.3 Å². The van der Waals surface area contributed by atoms with Gasteiger partial charge in [0, 0.05) is 23.4 Å². The number of unbranched alkanes of at least 4 members (excludes halogenated alkanes) is 1. The van der Waals surface area contributed by atoms with Crippen molar-refractivity contribution in [3.8, 4) is 5.69 Å². The SMILES string of the molecule is COC(=O)CCCCc1cccc2cncc(-n3c(=O)nc(SC)n(Cc4cc(F)c(F)c(F)c4)c3=O)c12. The first-order valence-corrected chi connectivity index (χ1v) is 12.8. The maximum absolute atomic E-state index is 13.8. The zero-order valence-corrected chi connectivity index (χ0v) is 21.4. The summed E-state index contributed by atoms with van der Waals surface area (Å²) in [6.07, 6.45) is 6.65. The summed E-state index contributed by atoms with van der Waals surface area (Å²) in [7, 11) is 1.33. The van der Waals surface area contributed by atoms with Crippen LogP contribution < -0.4 is 11.4 Å². The number of halogens is 3. The Balaban J connectivity index is 1.83. The molecule has 0 bridgehead atoms. The average molecular weight is 545 g/mol. The molecule has 2 aromatic heterocycles. The molecule has 0 aliphatic carbocycles. The highest BCUT2D eigenvalue weighted by molar-refractivity contribution is 7.98. The van der Waals surface area contributed by atoms with Gasteiger partial charge in [-0.15, -0.1) is 0 Å². The maximum atomic E-state index is 13.8. The van der Waals surface area contributed by atoms with E-state index in [0.29, 0.717) is 30.0 Å². The molecule has 0 atom stereocenters. The molecular formula is C26H23F3N4O4S. The summed E-state index contributed by atoms with van der Waals surface area (Å²) in [4.78, 5) is 46.4. The number of methoxy groups -OCH3 is 1. The largest absolute Gasteiger partial charge is 0.469 e. The third kappa shape index (κ3) is 5.49. The van der Waals surface area contributed by atoms with Crippen LogP contribution in [0.5, 0.6) is 0 Å². The number of hydrogen-bond donors (Lipinski definition) is 0. The predicted molar refractivity (Wildman–Crippen MR) is 136 cm³/mol. The second-order valence-electron chi connectivity index (χ2n) is 8.42. The van der Waals surface area contributed by atoms with E-state index >= 15 is 0 Å². The monoisotopic (exact) mass is 544 g/mol. The number of fused-ring (bicyclic) bond motifs is 1. The van der Waals surface area contributed by atoms with Crippen molar-refractivity contribution in [2.75, 3.05) is 13.4 Å². The summed E-state index contributed by atoms with van der Waals surface area (Å²) in [5, 5.41) is 1.32.